The highest BCUT2D eigenvalue weighted by atomic mass is 19.4. The van der Waals surface area contributed by atoms with E-state index in [0.29, 0.717) is 38.3 Å². The van der Waals surface area contributed by atoms with Crippen molar-refractivity contribution in [3.05, 3.63) is 133 Å². The summed E-state index contributed by atoms with van der Waals surface area (Å²) in [6.45, 7) is 2.73. The van der Waals surface area contributed by atoms with E-state index in [1.165, 1.54) is 19.1 Å². The molecule has 3 aromatic carbocycles. The van der Waals surface area contributed by atoms with E-state index >= 15 is 0 Å². The average molecular weight is 614 g/mol. The van der Waals surface area contributed by atoms with E-state index in [9.17, 15) is 31.5 Å². The molecule has 5 rings (SSSR count). The first-order valence-corrected chi connectivity index (χ1v) is 14.1. The molecule has 0 saturated carbocycles. The van der Waals surface area contributed by atoms with Crippen molar-refractivity contribution < 1.29 is 22.0 Å². The minimum absolute atomic E-state index is 0.125. The van der Waals surface area contributed by atoms with E-state index in [1.807, 2.05) is 6.07 Å². The second-order valence-electron chi connectivity index (χ2n) is 10.9. The van der Waals surface area contributed by atoms with E-state index in [0.717, 1.165) is 32.9 Å². The van der Waals surface area contributed by atoms with Gasteiger partial charge < -0.3 is 10.6 Å². The summed E-state index contributed by atoms with van der Waals surface area (Å²) in [5.74, 6) is -1.45. The van der Waals surface area contributed by atoms with Crippen molar-refractivity contribution in [3.63, 3.8) is 0 Å². The van der Waals surface area contributed by atoms with Gasteiger partial charge in [-0.3, -0.25) is 18.8 Å². The maximum atomic E-state index is 14.9. The molecule has 0 aliphatic carbocycles. The molecule has 2 N–H and O–H groups in total. The van der Waals surface area contributed by atoms with Gasteiger partial charge in [0.2, 0.25) is 0 Å². The van der Waals surface area contributed by atoms with Crippen LogP contribution >= 0.6 is 0 Å². The maximum Gasteiger partial charge on any atom is 0.416 e. The van der Waals surface area contributed by atoms with Crippen LogP contribution in [0.1, 0.15) is 34.0 Å². The van der Waals surface area contributed by atoms with E-state index in [-0.39, 0.29) is 23.7 Å². The van der Waals surface area contributed by atoms with Gasteiger partial charge in [0.05, 0.1) is 18.7 Å². The fraction of sp³-hybridized carbons (Fsp3) is 0.312. The quantitative estimate of drug-likeness (QED) is 0.292. The Labute approximate surface area is 250 Å². The summed E-state index contributed by atoms with van der Waals surface area (Å²) in [4.78, 5) is 31.6. The van der Waals surface area contributed by atoms with E-state index in [2.05, 4.69) is 4.90 Å². The molecule has 2 heterocycles. The van der Waals surface area contributed by atoms with Crippen LogP contribution in [0.5, 0.6) is 0 Å². The Hall–Kier alpha value is -4.29. The summed E-state index contributed by atoms with van der Waals surface area (Å²) in [6.07, 6.45) is -4.86. The molecule has 1 saturated heterocycles. The lowest BCUT2D eigenvalue weighted by Gasteiger charge is -2.37. The van der Waals surface area contributed by atoms with Crippen LogP contribution in [-0.4, -0.2) is 40.2 Å². The Kier molecular flexibility index (Phi) is 9.02. The minimum Gasteiger partial charge on any atom is -0.363 e. The highest BCUT2D eigenvalue weighted by Crippen LogP contribution is 2.33. The molecule has 0 amide bonds. The third-order valence-electron chi connectivity index (χ3n) is 7.99. The number of piperazine rings is 1. The number of nitrogens with two attached hydrogens (primary N) is 1. The molecule has 1 aliphatic rings. The van der Waals surface area contributed by atoms with Crippen LogP contribution in [0.3, 0.4) is 0 Å². The summed E-state index contributed by atoms with van der Waals surface area (Å²) < 4.78 is 72.1. The van der Waals surface area contributed by atoms with E-state index < -0.39 is 47.0 Å². The molecule has 0 spiro atoms. The molecule has 0 bridgehead atoms. The predicted molar refractivity (Wildman–Crippen MR) is 157 cm³/mol. The van der Waals surface area contributed by atoms with Gasteiger partial charge >= 0.3 is 11.9 Å². The number of hydrogen-bond acceptors (Lipinski definition) is 5. The van der Waals surface area contributed by atoms with Gasteiger partial charge in [-0.05, 0) is 42.3 Å². The summed E-state index contributed by atoms with van der Waals surface area (Å²) in [5.41, 5.74) is 4.69. The lowest BCUT2D eigenvalue weighted by molar-refractivity contribution is -0.138. The maximum absolute atomic E-state index is 14.9. The number of benzene rings is 3. The number of aromatic nitrogens is 2. The zero-order chi connectivity index (χ0) is 31.6. The normalized spacial score (nSPS) is 15.0. The van der Waals surface area contributed by atoms with Gasteiger partial charge in [0.25, 0.3) is 5.56 Å². The standard InChI is InChI=1S/C32H32F5N5O2/c1-21-29(40-15-13-39(14-16-40)18-22-7-5-10-24(33)17-22)30(43)42(20-28(38)23-8-3-2-4-9-23)31(44)41(21)19-25-26(32(35,36)37)11-6-12-27(25)34/h2-12,17,28H,13-16,18-20,38H2,1H3. The van der Waals surface area contributed by atoms with Crippen LogP contribution in [0, 0.1) is 18.6 Å². The zero-order valence-electron chi connectivity index (χ0n) is 24.0. The van der Waals surface area contributed by atoms with Gasteiger partial charge in [-0.1, -0.05) is 48.5 Å². The third-order valence-corrected chi connectivity index (χ3v) is 7.99. The van der Waals surface area contributed by atoms with Crippen molar-refractivity contribution in [1.29, 1.82) is 0 Å². The van der Waals surface area contributed by atoms with Crippen molar-refractivity contribution in [2.45, 2.75) is 38.8 Å². The summed E-state index contributed by atoms with van der Waals surface area (Å²) in [7, 11) is 0. The number of rotatable bonds is 8. The molecule has 44 heavy (non-hydrogen) atoms. The SMILES string of the molecule is Cc1c(N2CCN(Cc3cccc(F)c3)CC2)c(=O)n(CC(N)c2ccccc2)c(=O)n1Cc1c(F)cccc1C(F)(F)F. The first kappa shape index (κ1) is 31.1. The van der Waals surface area contributed by atoms with Crippen LogP contribution in [0.25, 0.3) is 0 Å². The minimum atomic E-state index is -4.86. The largest absolute Gasteiger partial charge is 0.416 e. The Morgan fingerprint density at radius 3 is 2.18 bits per heavy atom. The van der Waals surface area contributed by atoms with Crippen molar-refractivity contribution in [1.82, 2.24) is 14.0 Å². The van der Waals surface area contributed by atoms with Crippen LogP contribution in [0.15, 0.2) is 82.4 Å². The van der Waals surface area contributed by atoms with Crippen LogP contribution in [0.4, 0.5) is 27.6 Å². The van der Waals surface area contributed by atoms with Crippen molar-refractivity contribution in [2.24, 2.45) is 5.73 Å². The van der Waals surface area contributed by atoms with Crippen LogP contribution in [-0.2, 0) is 25.8 Å². The van der Waals surface area contributed by atoms with Crippen molar-refractivity contribution in [3.8, 4) is 0 Å². The highest BCUT2D eigenvalue weighted by molar-refractivity contribution is 5.50. The van der Waals surface area contributed by atoms with Crippen molar-refractivity contribution >= 4 is 5.69 Å². The van der Waals surface area contributed by atoms with Crippen molar-refractivity contribution in [2.75, 3.05) is 31.1 Å². The lowest BCUT2D eigenvalue weighted by Crippen LogP contribution is -2.51. The van der Waals surface area contributed by atoms with Gasteiger partial charge in [0.15, 0.2) is 0 Å². The third kappa shape index (κ3) is 6.61. The molecular formula is C32H32F5N5O2. The lowest BCUT2D eigenvalue weighted by atomic mass is 10.1. The number of anilines is 1. The molecule has 0 radical (unpaired) electrons. The Morgan fingerprint density at radius 2 is 1.52 bits per heavy atom. The first-order valence-electron chi connectivity index (χ1n) is 14.1. The smallest absolute Gasteiger partial charge is 0.363 e. The fourth-order valence-corrected chi connectivity index (χ4v) is 5.67. The number of alkyl halides is 3. The Bertz CT molecular complexity index is 1750. The van der Waals surface area contributed by atoms with Gasteiger partial charge in [-0.15, -0.1) is 0 Å². The first-order chi connectivity index (χ1) is 20.9. The molecule has 1 aromatic heterocycles. The van der Waals surface area contributed by atoms with Crippen LogP contribution < -0.4 is 21.9 Å². The van der Waals surface area contributed by atoms with Crippen LogP contribution in [0.2, 0.25) is 0 Å². The average Bonchev–Trinajstić information content (AvgIpc) is 2.99. The van der Waals surface area contributed by atoms with Gasteiger partial charge in [0, 0.05) is 50.0 Å². The Morgan fingerprint density at radius 1 is 0.841 bits per heavy atom. The number of halogens is 5. The summed E-state index contributed by atoms with van der Waals surface area (Å²) >= 11 is 0. The highest BCUT2D eigenvalue weighted by Gasteiger charge is 2.35. The predicted octanol–water partition coefficient (Wildman–Crippen LogP) is 4.69. The molecular weight excluding hydrogens is 581 g/mol. The topological polar surface area (TPSA) is 76.5 Å². The molecule has 7 nitrogen and oxygen atoms in total. The molecule has 1 atom stereocenters. The molecule has 4 aromatic rings. The summed E-state index contributed by atoms with van der Waals surface area (Å²) in [6, 6.07) is 17.0. The molecule has 1 unspecified atom stereocenters. The molecule has 232 valence electrons. The zero-order valence-corrected chi connectivity index (χ0v) is 24.0. The fourth-order valence-electron chi connectivity index (χ4n) is 5.67. The monoisotopic (exact) mass is 613 g/mol. The van der Waals surface area contributed by atoms with E-state index in [1.54, 1.807) is 41.3 Å². The molecule has 1 fully saturated rings. The van der Waals surface area contributed by atoms with Gasteiger partial charge in [-0.2, -0.15) is 13.2 Å². The number of nitrogens with zero attached hydrogens (tertiary/aromatic N) is 4. The second-order valence-corrected chi connectivity index (χ2v) is 10.9. The molecule has 1 aliphatic heterocycles. The molecule has 12 heteroatoms. The van der Waals surface area contributed by atoms with Gasteiger partial charge in [-0.25, -0.2) is 13.6 Å². The number of hydrogen-bond donors (Lipinski definition) is 1. The van der Waals surface area contributed by atoms with E-state index in [4.69, 9.17) is 5.73 Å². The second kappa shape index (κ2) is 12.7. The Balaban J connectivity index is 1.54. The van der Waals surface area contributed by atoms with Gasteiger partial charge in [0.1, 0.15) is 17.3 Å². The summed E-state index contributed by atoms with van der Waals surface area (Å²) in [5, 5.41) is 0.